The molecule has 1 aromatic carbocycles. The lowest BCUT2D eigenvalue weighted by molar-refractivity contribution is -0.135. The van der Waals surface area contributed by atoms with E-state index in [1.54, 1.807) is 6.08 Å². The van der Waals surface area contributed by atoms with Crippen molar-refractivity contribution < 1.29 is 9.53 Å². The molecule has 1 aliphatic heterocycles. The Morgan fingerprint density at radius 1 is 1.28 bits per heavy atom. The third-order valence-electron chi connectivity index (χ3n) is 4.81. The van der Waals surface area contributed by atoms with Gasteiger partial charge >= 0.3 is 5.97 Å². The highest BCUT2D eigenvalue weighted by atomic mass is 16.5. The van der Waals surface area contributed by atoms with Gasteiger partial charge in [-0.1, -0.05) is 44.2 Å². The number of hydrogen-bond acceptors (Lipinski definition) is 4. The minimum atomic E-state index is -0.559. The van der Waals surface area contributed by atoms with Crippen LogP contribution in [0.3, 0.4) is 0 Å². The van der Waals surface area contributed by atoms with Gasteiger partial charge in [-0.2, -0.15) is 5.26 Å². The van der Waals surface area contributed by atoms with Crippen LogP contribution in [0.1, 0.15) is 45.1 Å². The van der Waals surface area contributed by atoms with Gasteiger partial charge in [0.15, 0.2) is 0 Å². The molecule has 0 radical (unpaired) electrons. The molecule has 25 heavy (non-hydrogen) atoms. The standard InChI is InChI=1S/C21H26N2O2/c1-21(2)17-12-9-10-13-18(17)23(3)19(21)14-8-6-5-7-11-16(15-22)20(24)25-4/h9-14H,5-8H2,1-4H3/b16-11-,19-14-. The molecule has 0 aliphatic carbocycles. The molecular formula is C21H26N2O2. The van der Waals surface area contributed by atoms with E-state index >= 15 is 0 Å². The smallest absolute Gasteiger partial charge is 0.348 e. The molecule has 0 atom stereocenters. The highest BCUT2D eigenvalue weighted by Crippen LogP contribution is 2.46. The lowest BCUT2D eigenvalue weighted by atomic mass is 9.83. The maximum Gasteiger partial charge on any atom is 0.348 e. The highest BCUT2D eigenvalue weighted by Gasteiger charge is 2.37. The fourth-order valence-electron chi connectivity index (χ4n) is 3.43. The van der Waals surface area contributed by atoms with E-state index < -0.39 is 5.97 Å². The van der Waals surface area contributed by atoms with Crippen LogP contribution in [0.4, 0.5) is 5.69 Å². The lowest BCUT2D eigenvalue weighted by Crippen LogP contribution is -2.22. The molecule has 0 bridgehead atoms. The molecule has 0 fully saturated rings. The topological polar surface area (TPSA) is 53.3 Å². The summed E-state index contributed by atoms with van der Waals surface area (Å²) in [6.45, 7) is 4.53. The summed E-state index contributed by atoms with van der Waals surface area (Å²) >= 11 is 0. The number of nitrogens with zero attached hydrogens (tertiary/aromatic N) is 2. The molecule has 0 amide bonds. The third kappa shape index (κ3) is 3.93. The summed E-state index contributed by atoms with van der Waals surface area (Å²) in [7, 11) is 3.41. The van der Waals surface area contributed by atoms with Gasteiger partial charge in [0, 0.05) is 23.8 Å². The number of anilines is 1. The van der Waals surface area contributed by atoms with Crippen molar-refractivity contribution in [2.24, 2.45) is 0 Å². The Morgan fingerprint density at radius 2 is 1.96 bits per heavy atom. The zero-order valence-electron chi connectivity index (χ0n) is 15.5. The molecule has 1 heterocycles. The Balaban J connectivity index is 1.92. The van der Waals surface area contributed by atoms with Gasteiger partial charge in [-0.3, -0.25) is 0 Å². The summed E-state index contributed by atoms with van der Waals surface area (Å²) in [4.78, 5) is 13.6. The number of unbranched alkanes of at least 4 members (excludes halogenated alkanes) is 3. The molecule has 4 heteroatoms. The van der Waals surface area contributed by atoms with Crippen LogP contribution >= 0.6 is 0 Å². The summed E-state index contributed by atoms with van der Waals surface area (Å²) < 4.78 is 4.57. The number of likely N-dealkylation sites (N-methyl/N-ethyl adjacent to an activating group) is 1. The molecule has 0 aromatic heterocycles. The van der Waals surface area contributed by atoms with Crippen LogP contribution in [0.5, 0.6) is 0 Å². The summed E-state index contributed by atoms with van der Waals surface area (Å²) in [5, 5.41) is 8.91. The first kappa shape index (κ1) is 18.8. The Bertz CT molecular complexity index is 739. The summed E-state index contributed by atoms with van der Waals surface area (Å²) in [6.07, 6.45) is 7.62. The van der Waals surface area contributed by atoms with E-state index in [-0.39, 0.29) is 11.0 Å². The van der Waals surface area contributed by atoms with Crippen LogP contribution in [0, 0.1) is 11.3 Å². The molecule has 1 aliphatic rings. The molecular weight excluding hydrogens is 312 g/mol. The average molecular weight is 338 g/mol. The first-order chi connectivity index (χ1) is 11.9. The normalized spacial score (nSPS) is 17.3. The number of allylic oxidation sites excluding steroid dienone is 3. The third-order valence-corrected chi connectivity index (χ3v) is 4.81. The summed E-state index contributed by atoms with van der Waals surface area (Å²) in [6, 6.07) is 10.4. The maximum absolute atomic E-state index is 11.3. The van der Waals surface area contributed by atoms with E-state index in [9.17, 15) is 4.79 Å². The predicted molar refractivity (Wildman–Crippen MR) is 100 cm³/mol. The zero-order valence-corrected chi connectivity index (χ0v) is 15.5. The second-order valence-corrected chi connectivity index (χ2v) is 6.80. The fraction of sp³-hybridized carbons (Fsp3) is 0.429. The number of rotatable bonds is 6. The monoisotopic (exact) mass is 338 g/mol. The maximum atomic E-state index is 11.3. The van der Waals surface area contributed by atoms with Crippen LogP contribution in [-0.4, -0.2) is 20.1 Å². The first-order valence-corrected chi connectivity index (χ1v) is 8.66. The number of esters is 1. The number of carbonyl (C=O) groups excluding carboxylic acids is 1. The number of carbonyl (C=O) groups is 1. The summed E-state index contributed by atoms with van der Waals surface area (Å²) in [5.41, 5.74) is 4.08. The van der Waals surface area contributed by atoms with Crippen LogP contribution in [-0.2, 0) is 14.9 Å². The second kappa shape index (κ2) is 8.02. The highest BCUT2D eigenvalue weighted by molar-refractivity contribution is 5.92. The minimum absolute atomic E-state index is 0.0180. The molecule has 4 nitrogen and oxygen atoms in total. The molecule has 0 unspecified atom stereocenters. The number of para-hydroxylation sites is 1. The first-order valence-electron chi connectivity index (χ1n) is 8.66. The molecule has 0 saturated carbocycles. The van der Waals surface area contributed by atoms with Gasteiger partial charge in [0.2, 0.25) is 0 Å². The largest absolute Gasteiger partial charge is 0.465 e. The Kier molecular flexibility index (Phi) is 6.03. The van der Waals surface area contributed by atoms with Crippen molar-refractivity contribution in [3.8, 4) is 6.07 Å². The van der Waals surface area contributed by atoms with E-state index in [4.69, 9.17) is 5.26 Å². The Hall–Kier alpha value is -2.54. The van der Waals surface area contributed by atoms with Crippen molar-refractivity contribution in [2.75, 3.05) is 19.1 Å². The van der Waals surface area contributed by atoms with Gasteiger partial charge in [-0.15, -0.1) is 0 Å². The van der Waals surface area contributed by atoms with Gasteiger partial charge in [0.1, 0.15) is 11.6 Å². The van der Waals surface area contributed by atoms with Crippen molar-refractivity contribution in [2.45, 2.75) is 44.9 Å². The van der Waals surface area contributed by atoms with Crippen molar-refractivity contribution in [1.29, 1.82) is 5.26 Å². The Morgan fingerprint density at radius 3 is 2.60 bits per heavy atom. The van der Waals surface area contributed by atoms with Crippen LogP contribution in [0.2, 0.25) is 0 Å². The number of fused-ring (bicyclic) bond motifs is 1. The van der Waals surface area contributed by atoms with E-state index in [0.717, 1.165) is 19.3 Å². The van der Waals surface area contributed by atoms with Gasteiger partial charge in [0.05, 0.1) is 7.11 Å². The van der Waals surface area contributed by atoms with Gasteiger partial charge in [-0.25, -0.2) is 4.79 Å². The van der Waals surface area contributed by atoms with Gasteiger partial charge < -0.3 is 9.64 Å². The molecule has 0 saturated heterocycles. The van der Waals surface area contributed by atoms with Crippen LogP contribution < -0.4 is 4.90 Å². The lowest BCUT2D eigenvalue weighted by Gasteiger charge is -2.24. The fourth-order valence-corrected chi connectivity index (χ4v) is 3.43. The minimum Gasteiger partial charge on any atom is -0.465 e. The predicted octanol–water partition coefficient (Wildman–Crippen LogP) is 4.48. The summed E-state index contributed by atoms with van der Waals surface area (Å²) in [5.74, 6) is -0.559. The number of nitriles is 1. The van der Waals surface area contributed by atoms with E-state index in [0.29, 0.717) is 6.42 Å². The van der Waals surface area contributed by atoms with Crippen molar-refractivity contribution in [3.63, 3.8) is 0 Å². The Labute approximate surface area is 150 Å². The number of ether oxygens (including phenoxy) is 1. The molecule has 1 aromatic rings. The van der Waals surface area contributed by atoms with E-state index in [1.807, 2.05) is 6.07 Å². The van der Waals surface area contributed by atoms with Gasteiger partial charge in [0.25, 0.3) is 0 Å². The van der Waals surface area contributed by atoms with Crippen molar-refractivity contribution >= 4 is 11.7 Å². The quantitative estimate of drug-likeness (QED) is 0.332. The molecule has 2 rings (SSSR count). The van der Waals surface area contributed by atoms with E-state index in [2.05, 4.69) is 60.9 Å². The van der Waals surface area contributed by atoms with Crippen LogP contribution in [0.15, 0.2) is 47.7 Å². The number of methoxy groups -OCH3 is 1. The average Bonchev–Trinajstić information content (AvgIpc) is 2.81. The second-order valence-electron chi connectivity index (χ2n) is 6.80. The van der Waals surface area contributed by atoms with E-state index in [1.165, 1.54) is 24.1 Å². The molecule has 0 N–H and O–H groups in total. The van der Waals surface area contributed by atoms with Gasteiger partial charge in [-0.05, 0) is 37.3 Å². The van der Waals surface area contributed by atoms with Crippen LogP contribution in [0.25, 0.3) is 0 Å². The molecule has 132 valence electrons. The van der Waals surface area contributed by atoms with Crippen molar-refractivity contribution in [3.05, 3.63) is 53.3 Å². The zero-order chi connectivity index (χ0) is 18.4. The SMILES string of the molecule is COC(=O)/C(C#N)=C\CCCC/C=C1\N(C)c2ccccc2C1(C)C. The number of benzene rings is 1. The number of hydrogen-bond donors (Lipinski definition) is 0. The van der Waals surface area contributed by atoms with Crippen molar-refractivity contribution in [1.82, 2.24) is 0 Å². The molecule has 0 spiro atoms.